The van der Waals surface area contributed by atoms with Gasteiger partial charge in [0.1, 0.15) is 10.6 Å². The van der Waals surface area contributed by atoms with E-state index in [0.717, 1.165) is 11.1 Å². The van der Waals surface area contributed by atoms with E-state index >= 15 is 0 Å². The molecule has 1 aromatic carbocycles. The Morgan fingerprint density at radius 2 is 1.87 bits per heavy atom. The Bertz CT molecular complexity index is 597. The average Bonchev–Trinajstić information content (AvgIpc) is 2.46. The molecule has 0 aromatic heterocycles. The van der Waals surface area contributed by atoms with Gasteiger partial charge in [0.15, 0.2) is 0 Å². The van der Waals surface area contributed by atoms with E-state index in [0.29, 0.717) is 38.5 Å². The third-order valence-electron chi connectivity index (χ3n) is 3.51. The van der Waals surface area contributed by atoms with Crippen molar-refractivity contribution in [1.29, 1.82) is 0 Å². The third kappa shape index (κ3) is 5.79. The average molecular weight is 343 g/mol. The molecule has 0 unspecified atom stereocenters. The molecule has 1 aromatic rings. The predicted molar refractivity (Wildman–Crippen MR) is 92.7 cm³/mol. The summed E-state index contributed by atoms with van der Waals surface area (Å²) in [5, 5.41) is 0. The molecule has 0 saturated carbocycles. The Balaban J connectivity index is 3.04. The Hall–Kier alpha value is -1.11. The second-order valence-electron chi connectivity index (χ2n) is 5.69. The molecule has 0 heterocycles. The first-order valence-corrected chi connectivity index (χ1v) is 9.66. The number of sulfonamides is 1. The first-order valence-electron chi connectivity index (χ1n) is 8.18. The highest BCUT2D eigenvalue weighted by atomic mass is 32.2. The fourth-order valence-corrected chi connectivity index (χ4v) is 3.61. The van der Waals surface area contributed by atoms with Crippen molar-refractivity contribution < 1.29 is 17.9 Å². The van der Waals surface area contributed by atoms with Gasteiger partial charge in [-0.3, -0.25) is 0 Å². The number of hydrogen-bond acceptors (Lipinski definition) is 4. The van der Waals surface area contributed by atoms with E-state index in [-0.39, 0.29) is 10.8 Å². The highest BCUT2D eigenvalue weighted by Gasteiger charge is 2.22. The van der Waals surface area contributed by atoms with Gasteiger partial charge in [-0.15, -0.1) is 0 Å². The van der Waals surface area contributed by atoms with Crippen LogP contribution in [0, 0.1) is 6.92 Å². The Kier molecular flexibility index (Phi) is 8.02. The quantitative estimate of drug-likeness (QED) is 0.663. The summed E-state index contributed by atoms with van der Waals surface area (Å²) < 4.78 is 38.6. The summed E-state index contributed by atoms with van der Waals surface area (Å²) >= 11 is 0. The van der Waals surface area contributed by atoms with Gasteiger partial charge in [0.2, 0.25) is 10.0 Å². The summed E-state index contributed by atoms with van der Waals surface area (Å²) in [7, 11) is -3.60. The molecule has 0 aliphatic heterocycles. The molecule has 1 rings (SSSR count). The van der Waals surface area contributed by atoms with Crippen LogP contribution in [-0.2, 0) is 14.8 Å². The predicted octanol–water partition coefficient (Wildman–Crippen LogP) is 3.22. The first kappa shape index (κ1) is 19.9. The number of rotatable bonds is 10. The molecule has 1 N–H and O–H groups in total. The maximum absolute atomic E-state index is 12.6. The molecule has 0 aliphatic rings. The van der Waals surface area contributed by atoms with Gasteiger partial charge in [0.05, 0.1) is 6.61 Å². The summed E-state index contributed by atoms with van der Waals surface area (Å²) in [6.45, 7) is 11.8. The molecular formula is C17H29NO4S. The van der Waals surface area contributed by atoms with E-state index in [9.17, 15) is 8.42 Å². The molecule has 23 heavy (non-hydrogen) atoms. The molecule has 5 nitrogen and oxygen atoms in total. The van der Waals surface area contributed by atoms with Gasteiger partial charge in [0.25, 0.3) is 0 Å². The summed E-state index contributed by atoms with van der Waals surface area (Å²) in [6.07, 6.45) is 0.639. The zero-order valence-corrected chi connectivity index (χ0v) is 15.6. The Labute approximate surface area is 140 Å². The van der Waals surface area contributed by atoms with Crippen LogP contribution in [0.3, 0.4) is 0 Å². The summed E-state index contributed by atoms with van der Waals surface area (Å²) in [4.78, 5) is 0.213. The van der Waals surface area contributed by atoms with Crippen molar-refractivity contribution in [3.63, 3.8) is 0 Å². The molecule has 0 spiro atoms. The molecule has 0 aliphatic carbocycles. The minimum Gasteiger partial charge on any atom is -0.492 e. The second-order valence-corrected chi connectivity index (χ2v) is 7.43. The minimum atomic E-state index is -3.60. The summed E-state index contributed by atoms with van der Waals surface area (Å²) in [5.41, 5.74) is 2.06. The molecule has 0 saturated heterocycles. The highest BCUT2D eigenvalue weighted by Crippen LogP contribution is 2.31. The SMILES string of the molecule is CCOCCCNS(=O)(=O)c1cc(C(C)C)c(C)cc1OCC. The van der Waals surface area contributed by atoms with Gasteiger partial charge in [-0.25, -0.2) is 13.1 Å². The number of aryl methyl sites for hydroxylation is 1. The highest BCUT2D eigenvalue weighted by molar-refractivity contribution is 7.89. The van der Waals surface area contributed by atoms with Crippen LogP contribution in [0.4, 0.5) is 0 Å². The van der Waals surface area contributed by atoms with Crippen LogP contribution in [-0.4, -0.2) is 34.8 Å². The fraction of sp³-hybridized carbons (Fsp3) is 0.647. The van der Waals surface area contributed by atoms with Gasteiger partial charge in [-0.05, 0) is 56.4 Å². The van der Waals surface area contributed by atoms with Crippen LogP contribution in [0.5, 0.6) is 5.75 Å². The van der Waals surface area contributed by atoms with Crippen molar-refractivity contribution in [2.24, 2.45) is 0 Å². The standard InChI is InChI=1S/C17H29NO4S/c1-6-21-10-8-9-18-23(19,20)17-12-15(13(3)4)14(5)11-16(17)22-7-2/h11-13,18H,6-10H2,1-5H3. The third-order valence-corrected chi connectivity index (χ3v) is 4.99. The van der Waals surface area contributed by atoms with E-state index in [4.69, 9.17) is 9.47 Å². The van der Waals surface area contributed by atoms with Gasteiger partial charge in [0, 0.05) is 19.8 Å². The fourth-order valence-electron chi connectivity index (χ4n) is 2.38. The molecule has 0 fully saturated rings. The summed E-state index contributed by atoms with van der Waals surface area (Å²) in [6, 6.07) is 3.55. The molecule has 0 amide bonds. The zero-order valence-electron chi connectivity index (χ0n) is 14.8. The van der Waals surface area contributed by atoms with Crippen molar-refractivity contribution in [2.45, 2.75) is 51.9 Å². The van der Waals surface area contributed by atoms with Gasteiger partial charge in [-0.1, -0.05) is 13.8 Å². The van der Waals surface area contributed by atoms with Crippen LogP contribution in [0.25, 0.3) is 0 Å². The van der Waals surface area contributed by atoms with Gasteiger partial charge < -0.3 is 9.47 Å². The number of ether oxygens (including phenoxy) is 2. The maximum Gasteiger partial charge on any atom is 0.244 e. The van der Waals surface area contributed by atoms with Crippen LogP contribution >= 0.6 is 0 Å². The largest absolute Gasteiger partial charge is 0.492 e. The maximum atomic E-state index is 12.6. The molecular weight excluding hydrogens is 314 g/mol. The number of nitrogens with one attached hydrogen (secondary N) is 1. The van der Waals surface area contributed by atoms with E-state index in [1.54, 1.807) is 6.07 Å². The minimum absolute atomic E-state index is 0.213. The van der Waals surface area contributed by atoms with Crippen molar-refractivity contribution in [2.75, 3.05) is 26.4 Å². The lowest BCUT2D eigenvalue weighted by atomic mass is 9.98. The van der Waals surface area contributed by atoms with Gasteiger partial charge >= 0.3 is 0 Å². The monoisotopic (exact) mass is 343 g/mol. The van der Waals surface area contributed by atoms with Crippen molar-refractivity contribution >= 4 is 10.0 Å². The Morgan fingerprint density at radius 3 is 2.43 bits per heavy atom. The van der Waals surface area contributed by atoms with Crippen LogP contribution in [0.15, 0.2) is 17.0 Å². The van der Waals surface area contributed by atoms with Crippen molar-refractivity contribution in [3.8, 4) is 5.75 Å². The summed E-state index contributed by atoms with van der Waals surface area (Å²) in [5.74, 6) is 0.657. The molecule has 132 valence electrons. The Morgan fingerprint density at radius 1 is 1.17 bits per heavy atom. The lowest BCUT2D eigenvalue weighted by Gasteiger charge is -2.17. The topological polar surface area (TPSA) is 64.6 Å². The van der Waals surface area contributed by atoms with E-state index in [2.05, 4.69) is 18.6 Å². The molecule has 0 bridgehead atoms. The second kappa shape index (κ2) is 9.25. The number of benzene rings is 1. The van der Waals surface area contributed by atoms with E-state index < -0.39 is 10.0 Å². The normalized spacial score (nSPS) is 11.9. The van der Waals surface area contributed by atoms with E-state index in [1.165, 1.54) is 0 Å². The lowest BCUT2D eigenvalue weighted by molar-refractivity contribution is 0.146. The molecule has 0 atom stereocenters. The number of hydrogen-bond donors (Lipinski definition) is 1. The van der Waals surface area contributed by atoms with Crippen LogP contribution in [0.1, 0.15) is 51.2 Å². The van der Waals surface area contributed by atoms with E-state index in [1.807, 2.05) is 26.8 Å². The van der Waals surface area contributed by atoms with Crippen LogP contribution in [0.2, 0.25) is 0 Å². The smallest absolute Gasteiger partial charge is 0.244 e. The molecule has 6 heteroatoms. The van der Waals surface area contributed by atoms with Crippen molar-refractivity contribution in [1.82, 2.24) is 4.72 Å². The van der Waals surface area contributed by atoms with Gasteiger partial charge in [-0.2, -0.15) is 0 Å². The molecule has 0 radical (unpaired) electrons. The van der Waals surface area contributed by atoms with Crippen LogP contribution < -0.4 is 9.46 Å². The van der Waals surface area contributed by atoms with Crippen molar-refractivity contribution in [3.05, 3.63) is 23.3 Å². The lowest BCUT2D eigenvalue weighted by Crippen LogP contribution is -2.26. The zero-order chi connectivity index (χ0) is 17.5. The first-order chi connectivity index (χ1) is 10.8.